The third-order valence-corrected chi connectivity index (χ3v) is 4.80. The summed E-state index contributed by atoms with van der Waals surface area (Å²) in [6, 6.07) is 13.9. The van der Waals surface area contributed by atoms with Gasteiger partial charge in [0.1, 0.15) is 11.4 Å². The summed E-state index contributed by atoms with van der Waals surface area (Å²) in [7, 11) is 0. The second kappa shape index (κ2) is 5.70. The molecule has 0 bridgehead atoms. The first-order valence-corrected chi connectivity index (χ1v) is 8.46. The molecule has 0 spiro atoms. The zero-order chi connectivity index (χ0) is 18.5. The Morgan fingerprint density at radius 1 is 1.15 bits per heavy atom. The van der Waals surface area contributed by atoms with Crippen molar-refractivity contribution in [1.29, 1.82) is 0 Å². The molecule has 0 amide bonds. The Balaban J connectivity index is 1.64. The molecule has 1 atom stereocenters. The molecule has 0 saturated heterocycles. The average molecular weight is 362 g/mol. The molecule has 0 fully saturated rings. The van der Waals surface area contributed by atoms with Gasteiger partial charge in [0.15, 0.2) is 23.1 Å². The van der Waals surface area contributed by atoms with Gasteiger partial charge in [-0.25, -0.2) is 4.39 Å². The quantitative estimate of drug-likeness (QED) is 0.497. The van der Waals surface area contributed by atoms with Crippen LogP contribution in [0.3, 0.4) is 0 Å². The topological polar surface area (TPSA) is 90.0 Å². The van der Waals surface area contributed by atoms with Crippen LogP contribution in [0.4, 0.5) is 10.2 Å². The van der Waals surface area contributed by atoms with Gasteiger partial charge in [0, 0.05) is 17.2 Å². The Bertz CT molecular complexity index is 1100. The molecular formula is C20H15FN4O2. The highest BCUT2D eigenvalue weighted by molar-refractivity contribution is 5.78. The molecule has 27 heavy (non-hydrogen) atoms. The minimum atomic E-state index is -0.441. The van der Waals surface area contributed by atoms with Crippen molar-refractivity contribution in [3.63, 3.8) is 0 Å². The molecule has 1 aliphatic carbocycles. The van der Waals surface area contributed by atoms with Gasteiger partial charge in [-0.15, -0.1) is 0 Å². The maximum Gasteiger partial charge on any atom is 0.193 e. The van der Waals surface area contributed by atoms with E-state index in [1.54, 1.807) is 24.3 Å². The van der Waals surface area contributed by atoms with Crippen LogP contribution >= 0.6 is 0 Å². The normalized spacial score (nSPS) is 14.8. The second-order valence-electron chi connectivity index (χ2n) is 6.46. The van der Waals surface area contributed by atoms with E-state index in [2.05, 4.69) is 15.4 Å². The molecular weight excluding hydrogens is 347 g/mol. The summed E-state index contributed by atoms with van der Waals surface area (Å²) in [4.78, 5) is 0. The minimum absolute atomic E-state index is 0.143. The summed E-state index contributed by atoms with van der Waals surface area (Å²) in [5.74, 6) is 0.867. The summed E-state index contributed by atoms with van der Waals surface area (Å²) < 4.78 is 25.5. The number of nitrogen functional groups attached to an aromatic ring is 1. The number of benzene rings is 2. The van der Waals surface area contributed by atoms with Crippen LogP contribution in [0.1, 0.15) is 28.3 Å². The number of halogens is 1. The predicted molar refractivity (Wildman–Crippen MR) is 97.1 cm³/mol. The second-order valence-corrected chi connectivity index (χ2v) is 6.46. The van der Waals surface area contributed by atoms with Gasteiger partial charge in [-0.05, 0) is 36.8 Å². The highest BCUT2D eigenvalue weighted by Crippen LogP contribution is 2.51. The smallest absolute Gasteiger partial charge is 0.193 e. The summed E-state index contributed by atoms with van der Waals surface area (Å²) in [5.41, 5.74) is 10.2. The molecule has 2 aromatic heterocycles. The number of nitrogens with zero attached hydrogens (tertiary/aromatic N) is 2. The zero-order valence-corrected chi connectivity index (χ0v) is 14.4. The van der Waals surface area contributed by atoms with E-state index in [1.807, 2.05) is 25.1 Å². The molecule has 0 unspecified atom stereocenters. The SMILES string of the molecule is Cc1[nH]nc2c1[C@H](c1ccc(F)c(Oc3ccccc3)c1)c1c(N)noc1-2. The molecule has 5 rings (SSSR count). The van der Waals surface area contributed by atoms with Gasteiger partial charge in [0.25, 0.3) is 0 Å². The highest BCUT2D eigenvalue weighted by atomic mass is 19.1. The number of nitrogens with one attached hydrogen (secondary N) is 1. The van der Waals surface area contributed by atoms with Crippen molar-refractivity contribution < 1.29 is 13.7 Å². The van der Waals surface area contributed by atoms with Crippen LogP contribution in [-0.2, 0) is 0 Å². The van der Waals surface area contributed by atoms with Gasteiger partial charge in [-0.3, -0.25) is 5.10 Å². The molecule has 0 radical (unpaired) electrons. The Morgan fingerprint density at radius 3 is 2.78 bits per heavy atom. The summed E-state index contributed by atoms with van der Waals surface area (Å²) in [6.45, 7) is 1.93. The lowest BCUT2D eigenvalue weighted by Crippen LogP contribution is -2.04. The van der Waals surface area contributed by atoms with E-state index in [0.717, 1.165) is 22.4 Å². The standard InChI is InChI=1S/C20H15FN4O2/c1-10-15-16(17-19(18(15)24-23-10)27-25-20(17)22)11-7-8-13(21)14(9-11)26-12-5-3-2-4-6-12/h2-9,16H,1H3,(H2,22,25)(H,23,24)/t16-/m0/s1. The number of fused-ring (bicyclic) bond motifs is 3. The number of para-hydroxylation sites is 1. The third-order valence-electron chi connectivity index (χ3n) is 4.80. The van der Waals surface area contributed by atoms with Crippen LogP contribution < -0.4 is 10.5 Å². The van der Waals surface area contributed by atoms with Crippen molar-refractivity contribution in [3.05, 3.63) is 76.7 Å². The Labute approximate surface area is 153 Å². The number of ether oxygens (including phenoxy) is 1. The predicted octanol–water partition coefficient (Wildman–Crippen LogP) is 4.38. The highest BCUT2D eigenvalue weighted by Gasteiger charge is 2.40. The maximum absolute atomic E-state index is 14.4. The van der Waals surface area contributed by atoms with Gasteiger partial charge < -0.3 is 15.0 Å². The monoisotopic (exact) mass is 362 g/mol. The van der Waals surface area contributed by atoms with Crippen molar-refractivity contribution in [3.8, 4) is 23.0 Å². The Hall–Kier alpha value is -3.61. The molecule has 134 valence electrons. The molecule has 0 aliphatic heterocycles. The van der Waals surface area contributed by atoms with Crippen LogP contribution in [0.15, 0.2) is 53.1 Å². The van der Waals surface area contributed by atoms with Crippen LogP contribution in [0, 0.1) is 12.7 Å². The van der Waals surface area contributed by atoms with E-state index in [9.17, 15) is 4.39 Å². The van der Waals surface area contributed by atoms with Crippen LogP contribution in [0.5, 0.6) is 11.5 Å². The van der Waals surface area contributed by atoms with E-state index in [4.69, 9.17) is 15.0 Å². The lowest BCUT2D eigenvalue weighted by atomic mass is 9.89. The van der Waals surface area contributed by atoms with Crippen molar-refractivity contribution in [2.45, 2.75) is 12.8 Å². The fourth-order valence-electron chi connectivity index (χ4n) is 3.59. The lowest BCUT2D eigenvalue weighted by Gasteiger charge is -2.15. The number of aromatic amines is 1. The molecule has 7 heteroatoms. The number of hydrogen-bond acceptors (Lipinski definition) is 5. The number of H-pyrrole nitrogens is 1. The third kappa shape index (κ3) is 2.32. The largest absolute Gasteiger partial charge is 0.454 e. The molecule has 3 N–H and O–H groups in total. The van der Waals surface area contributed by atoms with Gasteiger partial charge in [0.05, 0.1) is 5.56 Å². The van der Waals surface area contributed by atoms with Crippen LogP contribution in [-0.4, -0.2) is 15.4 Å². The fourth-order valence-corrected chi connectivity index (χ4v) is 3.59. The van der Waals surface area contributed by atoms with E-state index in [-0.39, 0.29) is 11.7 Å². The maximum atomic E-state index is 14.4. The van der Waals surface area contributed by atoms with Gasteiger partial charge >= 0.3 is 0 Å². The first-order chi connectivity index (χ1) is 13.1. The number of rotatable bonds is 3. The van der Waals surface area contributed by atoms with Crippen molar-refractivity contribution in [2.24, 2.45) is 0 Å². The number of nitrogens with two attached hydrogens (primary N) is 1. The van der Waals surface area contributed by atoms with Crippen molar-refractivity contribution in [1.82, 2.24) is 15.4 Å². The molecule has 6 nitrogen and oxygen atoms in total. The summed E-state index contributed by atoms with van der Waals surface area (Å²) >= 11 is 0. The number of hydrogen-bond donors (Lipinski definition) is 2. The first kappa shape index (κ1) is 15.6. The van der Waals surface area contributed by atoms with E-state index >= 15 is 0 Å². The van der Waals surface area contributed by atoms with Gasteiger partial charge in [0.2, 0.25) is 0 Å². The summed E-state index contributed by atoms with van der Waals surface area (Å²) in [6.07, 6.45) is 0. The van der Waals surface area contributed by atoms with E-state index < -0.39 is 5.82 Å². The molecule has 0 saturated carbocycles. The molecule has 2 aromatic carbocycles. The van der Waals surface area contributed by atoms with Crippen molar-refractivity contribution in [2.75, 3.05) is 5.73 Å². The van der Waals surface area contributed by atoms with E-state index in [1.165, 1.54) is 6.07 Å². The zero-order valence-electron chi connectivity index (χ0n) is 14.4. The Kier molecular flexibility index (Phi) is 3.30. The lowest BCUT2D eigenvalue weighted by molar-refractivity contribution is 0.434. The number of aromatic nitrogens is 3. The van der Waals surface area contributed by atoms with Gasteiger partial charge in [-0.1, -0.05) is 29.4 Å². The average Bonchev–Trinajstić information content (AvgIpc) is 3.32. The number of aryl methyl sites for hydroxylation is 1. The summed E-state index contributed by atoms with van der Waals surface area (Å²) in [5, 5.41) is 11.2. The molecule has 1 aliphatic rings. The van der Waals surface area contributed by atoms with Crippen LogP contribution in [0.2, 0.25) is 0 Å². The van der Waals surface area contributed by atoms with Crippen molar-refractivity contribution >= 4 is 5.82 Å². The minimum Gasteiger partial charge on any atom is -0.454 e. The van der Waals surface area contributed by atoms with Crippen LogP contribution in [0.25, 0.3) is 11.5 Å². The molecule has 4 aromatic rings. The Morgan fingerprint density at radius 2 is 1.96 bits per heavy atom. The fraction of sp³-hybridized carbons (Fsp3) is 0.100. The number of anilines is 1. The van der Waals surface area contributed by atoms with E-state index in [0.29, 0.717) is 23.0 Å². The molecule has 2 heterocycles. The van der Waals surface area contributed by atoms with Gasteiger partial charge in [-0.2, -0.15) is 5.10 Å². The first-order valence-electron chi connectivity index (χ1n) is 8.46.